The van der Waals surface area contributed by atoms with Gasteiger partial charge in [-0.05, 0) is 50.2 Å². The predicted octanol–water partition coefficient (Wildman–Crippen LogP) is 4.47. The zero-order chi connectivity index (χ0) is 14.5. The maximum absolute atomic E-state index is 5.97. The van der Waals surface area contributed by atoms with Gasteiger partial charge in [-0.1, -0.05) is 23.7 Å². The summed E-state index contributed by atoms with van der Waals surface area (Å²) in [5, 5.41) is 0. The van der Waals surface area contributed by atoms with Gasteiger partial charge in [-0.2, -0.15) is 0 Å². The summed E-state index contributed by atoms with van der Waals surface area (Å²) in [5.74, 6) is 0.906. The first-order valence-corrected chi connectivity index (χ1v) is 7.85. The molecule has 20 heavy (non-hydrogen) atoms. The van der Waals surface area contributed by atoms with Crippen molar-refractivity contribution in [2.75, 3.05) is 14.2 Å². The zero-order valence-corrected chi connectivity index (χ0v) is 13.7. The van der Waals surface area contributed by atoms with Crippen LogP contribution in [0.5, 0.6) is 5.75 Å². The number of rotatable bonds is 6. The number of nitrogens with zero attached hydrogens (tertiary/aromatic N) is 1. The van der Waals surface area contributed by atoms with Gasteiger partial charge in [0, 0.05) is 17.5 Å². The van der Waals surface area contributed by atoms with Crippen LogP contribution in [0.3, 0.4) is 0 Å². The van der Waals surface area contributed by atoms with E-state index in [0.717, 1.165) is 23.1 Å². The summed E-state index contributed by atoms with van der Waals surface area (Å²) in [6, 6.07) is 12.8. The smallest absolute Gasteiger partial charge is 0.118 e. The zero-order valence-electron chi connectivity index (χ0n) is 12.1. The molecule has 0 amide bonds. The third kappa shape index (κ3) is 4.23. The highest BCUT2D eigenvalue weighted by molar-refractivity contribution is 7.16. The molecule has 0 fully saturated rings. The Morgan fingerprint density at radius 2 is 1.90 bits per heavy atom. The van der Waals surface area contributed by atoms with Gasteiger partial charge in [0.25, 0.3) is 0 Å². The molecule has 4 heteroatoms. The summed E-state index contributed by atoms with van der Waals surface area (Å²) in [6.45, 7) is 3.19. The van der Waals surface area contributed by atoms with E-state index in [-0.39, 0.29) is 0 Å². The lowest BCUT2D eigenvalue weighted by molar-refractivity contribution is 0.250. The maximum Gasteiger partial charge on any atom is 0.118 e. The summed E-state index contributed by atoms with van der Waals surface area (Å²) in [6.07, 6.45) is 1.03. The van der Waals surface area contributed by atoms with E-state index in [1.165, 1.54) is 10.4 Å². The molecule has 1 unspecified atom stereocenters. The Balaban J connectivity index is 1.91. The first kappa shape index (κ1) is 15.4. The van der Waals surface area contributed by atoms with Gasteiger partial charge in [0.2, 0.25) is 0 Å². The van der Waals surface area contributed by atoms with Crippen molar-refractivity contribution in [3.63, 3.8) is 0 Å². The average molecular weight is 310 g/mol. The molecule has 0 aliphatic carbocycles. The second-order valence-corrected chi connectivity index (χ2v) is 6.82. The van der Waals surface area contributed by atoms with Crippen LogP contribution >= 0.6 is 22.9 Å². The third-order valence-electron chi connectivity index (χ3n) is 3.48. The van der Waals surface area contributed by atoms with E-state index in [9.17, 15) is 0 Å². The number of thiophene rings is 1. The van der Waals surface area contributed by atoms with Crippen molar-refractivity contribution in [1.82, 2.24) is 4.90 Å². The Kier molecular flexibility index (Phi) is 5.46. The second kappa shape index (κ2) is 7.11. The first-order valence-electron chi connectivity index (χ1n) is 6.66. The molecule has 0 bridgehead atoms. The van der Waals surface area contributed by atoms with Gasteiger partial charge in [0.1, 0.15) is 5.75 Å². The predicted molar refractivity (Wildman–Crippen MR) is 87.0 cm³/mol. The molecule has 0 aliphatic heterocycles. The number of halogens is 1. The summed E-state index contributed by atoms with van der Waals surface area (Å²) in [5.41, 5.74) is 1.33. The Hall–Kier alpha value is -1.03. The molecule has 2 rings (SSSR count). The third-order valence-corrected chi connectivity index (χ3v) is 4.69. The fourth-order valence-corrected chi connectivity index (χ4v) is 3.25. The van der Waals surface area contributed by atoms with E-state index >= 15 is 0 Å². The van der Waals surface area contributed by atoms with Crippen LogP contribution in [-0.4, -0.2) is 25.1 Å². The van der Waals surface area contributed by atoms with Gasteiger partial charge in [-0.15, -0.1) is 11.3 Å². The Bertz CT molecular complexity index is 538. The normalized spacial score (nSPS) is 12.7. The summed E-state index contributed by atoms with van der Waals surface area (Å²) < 4.78 is 6.04. The molecule has 0 saturated heterocycles. The summed E-state index contributed by atoms with van der Waals surface area (Å²) >= 11 is 7.62. The highest BCUT2D eigenvalue weighted by Gasteiger charge is 2.11. The molecule has 0 saturated carbocycles. The van der Waals surface area contributed by atoms with Gasteiger partial charge in [0.05, 0.1) is 11.4 Å². The molecule has 2 nitrogen and oxygen atoms in total. The van der Waals surface area contributed by atoms with Crippen molar-refractivity contribution >= 4 is 22.9 Å². The topological polar surface area (TPSA) is 12.5 Å². The van der Waals surface area contributed by atoms with E-state index < -0.39 is 0 Å². The lowest BCUT2D eigenvalue weighted by atomic mass is 10.1. The molecule has 0 radical (unpaired) electrons. The van der Waals surface area contributed by atoms with Crippen LogP contribution in [0.25, 0.3) is 0 Å². The summed E-state index contributed by atoms with van der Waals surface area (Å²) in [4.78, 5) is 3.66. The number of benzene rings is 1. The van der Waals surface area contributed by atoms with Gasteiger partial charge >= 0.3 is 0 Å². The minimum atomic E-state index is 0.476. The highest BCUT2D eigenvalue weighted by Crippen LogP contribution is 2.23. The monoisotopic (exact) mass is 309 g/mol. The fourth-order valence-electron chi connectivity index (χ4n) is 2.10. The molecule has 108 valence electrons. The van der Waals surface area contributed by atoms with Crippen molar-refractivity contribution in [3.8, 4) is 5.75 Å². The number of methoxy groups -OCH3 is 1. The molecular formula is C16H20ClNOS. The Morgan fingerprint density at radius 3 is 2.45 bits per heavy atom. The largest absolute Gasteiger partial charge is 0.497 e. The molecule has 1 atom stereocenters. The van der Waals surface area contributed by atoms with Crippen LogP contribution in [-0.2, 0) is 13.0 Å². The van der Waals surface area contributed by atoms with Crippen LogP contribution in [0, 0.1) is 0 Å². The number of ether oxygens (including phenoxy) is 1. The second-order valence-electron chi connectivity index (χ2n) is 5.02. The van der Waals surface area contributed by atoms with E-state index in [1.807, 2.05) is 18.2 Å². The van der Waals surface area contributed by atoms with Crippen LogP contribution in [0.15, 0.2) is 36.4 Å². The van der Waals surface area contributed by atoms with Crippen LogP contribution in [0.1, 0.15) is 17.4 Å². The number of hydrogen-bond acceptors (Lipinski definition) is 3. The highest BCUT2D eigenvalue weighted by atomic mass is 35.5. The lowest BCUT2D eigenvalue weighted by Crippen LogP contribution is -2.30. The van der Waals surface area contributed by atoms with E-state index in [4.69, 9.17) is 16.3 Å². The van der Waals surface area contributed by atoms with Crippen LogP contribution < -0.4 is 4.74 Å². The summed E-state index contributed by atoms with van der Waals surface area (Å²) in [7, 11) is 3.85. The van der Waals surface area contributed by atoms with Crippen molar-refractivity contribution in [3.05, 3.63) is 51.2 Å². The van der Waals surface area contributed by atoms with Crippen molar-refractivity contribution < 1.29 is 4.74 Å². The molecule has 2 aromatic rings. The Labute approximate surface area is 129 Å². The average Bonchev–Trinajstić information content (AvgIpc) is 2.85. The van der Waals surface area contributed by atoms with Crippen molar-refractivity contribution in [2.45, 2.75) is 25.9 Å². The van der Waals surface area contributed by atoms with Gasteiger partial charge in [-0.25, -0.2) is 0 Å². The maximum atomic E-state index is 5.97. The van der Waals surface area contributed by atoms with E-state index in [1.54, 1.807) is 18.4 Å². The molecule has 0 spiro atoms. The quantitative estimate of drug-likeness (QED) is 0.780. The number of likely N-dealkylation sites (N-methyl/N-ethyl adjacent to an activating group) is 1. The van der Waals surface area contributed by atoms with Crippen molar-refractivity contribution in [1.29, 1.82) is 0 Å². The van der Waals surface area contributed by atoms with E-state index in [0.29, 0.717) is 6.04 Å². The van der Waals surface area contributed by atoms with Gasteiger partial charge in [-0.3, -0.25) is 4.90 Å². The van der Waals surface area contributed by atoms with Crippen molar-refractivity contribution in [2.24, 2.45) is 0 Å². The fraction of sp³-hybridized carbons (Fsp3) is 0.375. The molecular weight excluding hydrogens is 290 g/mol. The SMILES string of the molecule is COc1ccc(CC(C)N(C)Cc2ccc(Cl)s2)cc1. The molecule has 1 aromatic heterocycles. The van der Waals surface area contributed by atoms with Gasteiger partial charge in [0.15, 0.2) is 0 Å². The van der Waals surface area contributed by atoms with Gasteiger partial charge < -0.3 is 4.74 Å². The minimum absolute atomic E-state index is 0.476. The van der Waals surface area contributed by atoms with E-state index in [2.05, 4.69) is 37.1 Å². The Morgan fingerprint density at radius 1 is 1.20 bits per heavy atom. The standard InChI is InChI=1S/C16H20ClNOS/c1-12(10-13-4-6-14(19-3)7-5-13)18(2)11-15-8-9-16(17)20-15/h4-9,12H,10-11H2,1-3H3. The van der Waals surface area contributed by atoms with Crippen LogP contribution in [0.2, 0.25) is 4.34 Å². The molecule has 0 aliphatic rings. The molecule has 1 aromatic carbocycles. The first-order chi connectivity index (χ1) is 9.58. The van der Waals surface area contributed by atoms with Crippen LogP contribution in [0.4, 0.5) is 0 Å². The molecule has 0 N–H and O–H groups in total. The molecule has 1 heterocycles. The lowest BCUT2D eigenvalue weighted by Gasteiger charge is -2.24. The minimum Gasteiger partial charge on any atom is -0.497 e. The number of hydrogen-bond donors (Lipinski definition) is 0.